The maximum atomic E-state index is 14.0. The molecule has 0 saturated heterocycles. The van der Waals surface area contributed by atoms with E-state index < -0.39 is 5.82 Å². The molecule has 2 aromatic carbocycles. The number of ether oxygens (including phenoxy) is 1. The maximum absolute atomic E-state index is 14.0. The summed E-state index contributed by atoms with van der Waals surface area (Å²) >= 11 is 0. The number of nitriles is 1. The first-order valence-electron chi connectivity index (χ1n) is 5.96. The Bertz CT molecular complexity index is 687. The van der Waals surface area contributed by atoms with Gasteiger partial charge in [-0.2, -0.15) is 5.26 Å². The van der Waals surface area contributed by atoms with E-state index in [1.54, 1.807) is 30.3 Å². The van der Waals surface area contributed by atoms with Crippen LogP contribution in [0.25, 0.3) is 11.3 Å². The number of hydrogen-bond acceptors (Lipinski definition) is 3. The molecule has 100 valence electrons. The summed E-state index contributed by atoms with van der Waals surface area (Å²) in [7, 11) is 1.46. The normalized spacial score (nSPS) is 11.4. The Balaban J connectivity index is 2.55. The monoisotopic (exact) mass is 268 g/mol. The van der Waals surface area contributed by atoms with Gasteiger partial charge in [-0.05, 0) is 17.7 Å². The quantitative estimate of drug-likeness (QED) is 0.687. The van der Waals surface area contributed by atoms with Gasteiger partial charge in [-0.15, -0.1) is 0 Å². The minimum atomic E-state index is -0.523. The van der Waals surface area contributed by atoms with Gasteiger partial charge in [0.2, 0.25) is 0 Å². The Labute approximate surface area is 116 Å². The molecule has 2 aromatic rings. The summed E-state index contributed by atoms with van der Waals surface area (Å²) in [5.74, 6) is -0.122. The molecule has 0 unspecified atom stereocenters. The summed E-state index contributed by atoms with van der Waals surface area (Å²) in [6.07, 6.45) is 0. The van der Waals surface area contributed by atoms with E-state index in [9.17, 15) is 9.65 Å². The number of methoxy groups -OCH3 is 1. The summed E-state index contributed by atoms with van der Waals surface area (Å²) in [6, 6.07) is 15.3. The minimum absolute atomic E-state index is 0.110. The van der Waals surface area contributed by atoms with Crippen LogP contribution in [0.2, 0.25) is 0 Å². The van der Waals surface area contributed by atoms with Gasteiger partial charge in [-0.1, -0.05) is 30.3 Å². The highest BCUT2D eigenvalue weighted by Gasteiger charge is 2.12. The summed E-state index contributed by atoms with van der Waals surface area (Å²) in [4.78, 5) is 0. The van der Waals surface area contributed by atoms with Crippen molar-refractivity contribution in [1.29, 1.82) is 5.26 Å². The molecule has 0 radical (unpaired) electrons. The van der Waals surface area contributed by atoms with Crippen molar-refractivity contribution in [3.8, 4) is 11.8 Å². The van der Waals surface area contributed by atoms with Crippen molar-refractivity contribution in [2.75, 3.05) is 7.11 Å². The first-order valence-corrected chi connectivity index (χ1v) is 5.96. The van der Waals surface area contributed by atoms with Crippen molar-refractivity contribution in [3.05, 3.63) is 65.5 Å². The summed E-state index contributed by atoms with van der Waals surface area (Å²) in [6.45, 7) is 0. The fraction of sp³-hybridized carbons (Fsp3) is 0.0625. The lowest BCUT2D eigenvalue weighted by Gasteiger charge is -2.08. The molecule has 0 aliphatic heterocycles. The third-order valence-corrected chi connectivity index (χ3v) is 2.91. The van der Waals surface area contributed by atoms with Gasteiger partial charge in [0, 0.05) is 11.6 Å². The Hall–Kier alpha value is -2.80. The average Bonchev–Trinajstić information content (AvgIpc) is 2.48. The molecule has 0 bridgehead atoms. The minimum Gasteiger partial charge on any atom is -0.497 e. The van der Waals surface area contributed by atoms with Crippen LogP contribution in [0.15, 0.2) is 48.5 Å². The second kappa shape index (κ2) is 5.89. The second-order valence-electron chi connectivity index (χ2n) is 4.11. The molecular weight excluding hydrogens is 255 g/mol. The van der Waals surface area contributed by atoms with Crippen LogP contribution in [0.4, 0.5) is 4.39 Å². The smallest absolute Gasteiger partial charge is 0.136 e. The Morgan fingerprint density at radius 2 is 1.90 bits per heavy atom. The average molecular weight is 268 g/mol. The topological polar surface area (TPSA) is 59.0 Å². The van der Waals surface area contributed by atoms with Gasteiger partial charge in [0.25, 0.3) is 0 Å². The molecule has 2 rings (SSSR count). The van der Waals surface area contributed by atoms with Gasteiger partial charge in [0.1, 0.15) is 17.6 Å². The molecule has 0 fully saturated rings. The number of allylic oxidation sites excluding steroid dienone is 1. The molecule has 2 N–H and O–H groups in total. The molecular formula is C16H13FN2O. The number of hydrogen-bond donors (Lipinski definition) is 1. The molecule has 0 aliphatic carbocycles. The highest BCUT2D eigenvalue weighted by molar-refractivity contribution is 5.96. The SMILES string of the molecule is COc1ccc(/C(N)=C(/C#N)c2ccccc2)c(F)c1. The number of benzene rings is 2. The molecule has 20 heavy (non-hydrogen) atoms. The van der Waals surface area contributed by atoms with Crippen LogP contribution in [0, 0.1) is 17.1 Å². The van der Waals surface area contributed by atoms with Crippen LogP contribution in [-0.2, 0) is 0 Å². The van der Waals surface area contributed by atoms with E-state index in [-0.39, 0.29) is 16.8 Å². The Morgan fingerprint density at radius 1 is 1.20 bits per heavy atom. The highest BCUT2D eigenvalue weighted by Crippen LogP contribution is 2.26. The number of nitrogens with zero attached hydrogens (tertiary/aromatic N) is 1. The van der Waals surface area contributed by atoms with Gasteiger partial charge < -0.3 is 10.5 Å². The van der Waals surface area contributed by atoms with Crippen molar-refractivity contribution in [2.24, 2.45) is 5.73 Å². The summed E-state index contributed by atoms with van der Waals surface area (Å²) in [5, 5.41) is 9.27. The van der Waals surface area contributed by atoms with E-state index in [1.165, 1.54) is 19.2 Å². The largest absolute Gasteiger partial charge is 0.497 e. The number of halogens is 1. The fourth-order valence-corrected chi connectivity index (χ4v) is 1.86. The molecule has 0 amide bonds. The maximum Gasteiger partial charge on any atom is 0.136 e. The van der Waals surface area contributed by atoms with Crippen molar-refractivity contribution in [3.63, 3.8) is 0 Å². The third-order valence-electron chi connectivity index (χ3n) is 2.91. The van der Waals surface area contributed by atoms with Crippen LogP contribution in [-0.4, -0.2) is 7.11 Å². The van der Waals surface area contributed by atoms with Crippen molar-refractivity contribution in [1.82, 2.24) is 0 Å². The number of rotatable bonds is 3. The van der Waals surface area contributed by atoms with E-state index in [1.807, 2.05) is 12.1 Å². The van der Waals surface area contributed by atoms with Gasteiger partial charge in [0.05, 0.1) is 18.4 Å². The van der Waals surface area contributed by atoms with Gasteiger partial charge in [-0.3, -0.25) is 0 Å². The summed E-state index contributed by atoms with van der Waals surface area (Å²) in [5.41, 5.74) is 7.15. The predicted octanol–water partition coefficient (Wildman–Crippen LogP) is 3.18. The van der Waals surface area contributed by atoms with Crippen LogP contribution in [0.3, 0.4) is 0 Å². The molecule has 0 heterocycles. The standard InChI is InChI=1S/C16H13FN2O/c1-20-12-7-8-13(15(17)9-12)16(19)14(10-18)11-5-3-2-4-6-11/h2-9H,19H2,1H3/b16-14+. The van der Waals surface area contributed by atoms with E-state index in [0.717, 1.165) is 0 Å². The molecule has 0 atom stereocenters. The Kier molecular flexibility index (Phi) is 4.02. The molecule has 4 heteroatoms. The lowest BCUT2D eigenvalue weighted by atomic mass is 10.0. The van der Waals surface area contributed by atoms with Crippen molar-refractivity contribution >= 4 is 11.3 Å². The highest BCUT2D eigenvalue weighted by atomic mass is 19.1. The van der Waals surface area contributed by atoms with E-state index in [2.05, 4.69) is 0 Å². The van der Waals surface area contributed by atoms with Crippen LogP contribution < -0.4 is 10.5 Å². The van der Waals surface area contributed by atoms with Crippen LogP contribution in [0.5, 0.6) is 5.75 Å². The fourth-order valence-electron chi connectivity index (χ4n) is 1.86. The Morgan fingerprint density at radius 3 is 2.45 bits per heavy atom. The zero-order chi connectivity index (χ0) is 14.5. The van der Waals surface area contributed by atoms with Gasteiger partial charge in [0.15, 0.2) is 0 Å². The first kappa shape index (κ1) is 13.6. The zero-order valence-electron chi connectivity index (χ0n) is 10.9. The van der Waals surface area contributed by atoms with E-state index in [4.69, 9.17) is 10.5 Å². The molecule has 0 spiro atoms. The third kappa shape index (κ3) is 2.62. The zero-order valence-corrected chi connectivity index (χ0v) is 10.9. The van der Waals surface area contributed by atoms with Gasteiger partial charge in [-0.25, -0.2) is 4.39 Å². The van der Waals surface area contributed by atoms with Crippen molar-refractivity contribution < 1.29 is 9.13 Å². The molecule has 0 saturated carbocycles. The van der Waals surface area contributed by atoms with Gasteiger partial charge >= 0.3 is 0 Å². The molecule has 3 nitrogen and oxygen atoms in total. The lowest BCUT2D eigenvalue weighted by Crippen LogP contribution is -2.03. The van der Waals surface area contributed by atoms with E-state index >= 15 is 0 Å². The molecule has 0 aliphatic rings. The first-order chi connectivity index (χ1) is 9.67. The van der Waals surface area contributed by atoms with E-state index in [0.29, 0.717) is 11.3 Å². The molecule has 0 aromatic heterocycles. The predicted molar refractivity (Wildman–Crippen MR) is 76.0 cm³/mol. The lowest BCUT2D eigenvalue weighted by molar-refractivity contribution is 0.411. The summed E-state index contributed by atoms with van der Waals surface area (Å²) < 4.78 is 18.9. The second-order valence-corrected chi connectivity index (χ2v) is 4.11. The van der Waals surface area contributed by atoms with Crippen LogP contribution in [0.1, 0.15) is 11.1 Å². The number of nitrogens with two attached hydrogens (primary N) is 1. The van der Waals surface area contributed by atoms with Crippen LogP contribution >= 0.6 is 0 Å². The van der Waals surface area contributed by atoms with Crippen molar-refractivity contribution in [2.45, 2.75) is 0 Å².